The number of hydrogen-bond donors (Lipinski definition) is 0. The van der Waals surface area contributed by atoms with Gasteiger partial charge in [-0.3, -0.25) is 0 Å². The standard InChI is InChI=1S/C10H19N2.C2H4O3/c1-3-4-5-6-7-12-9-8-11(2)10-12;1-5-2(3)4/h8-10H,3-7H2,1-2H3;1H3,(H,3,4)/q+1;/p-1. The fourth-order valence-electron chi connectivity index (χ4n) is 1.36. The van der Waals surface area contributed by atoms with E-state index in [9.17, 15) is 0 Å². The molecule has 0 aromatic carbocycles. The Hall–Kier alpha value is -1.52. The Morgan fingerprint density at radius 1 is 1.41 bits per heavy atom. The van der Waals surface area contributed by atoms with Crippen LogP contribution in [0.4, 0.5) is 4.79 Å². The third-order valence-corrected chi connectivity index (χ3v) is 2.26. The lowest BCUT2D eigenvalue weighted by Gasteiger charge is -1.95. The summed E-state index contributed by atoms with van der Waals surface area (Å²) < 4.78 is 7.88. The van der Waals surface area contributed by atoms with Crippen molar-refractivity contribution in [1.82, 2.24) is 4.57 Å². The summed E-state index contributed by atoms with van der Waals surface area (Å²) in [6.07, 6.45) is 10.2. The second-order valence-corrected chi connectivity index (χ2v) is 3.83. The molecule has 0 N–H and O–H groups in total. The highest BCUT2D eigenvalue weighted by molar-refractivity contribution is 5.53. The van der Waals surface area contributed by atoms with Gasteiger partial charge in [0, 0.05) is 7.11 Å². The van der Waals surface area contributed by atoms with E-state index in [1.807, 2.05) is 0 Å². The van der Waals surface area contributed by atoms with E-state index < -0.39 is 6.16 Å². The van der Waals surface area contributed by atoms with Gasteiger partial charge in [0.25, 0.3) is 6.16 Å². The first kappa shape index (κ1) is 15.5. The van der Waals surface area contributed by atoms with Gasteiger partial charge in [-0.1, -0.05) is 19.8 Å². The molecule has 0 spiro atoms. The van der Waals surface area contributed by atoms with Gasteiger partial charge in [0.05, 0.1) is 13.6 Å². The number of methoxy groups -OCH3 is 1. The maximum absolute atomic E-state index is 9.03. The molecule has 0 bridgehead atoms. The van der Waals surface area contributed by atoms with E-state index in [0.717, 1.165) is 7.11 Å². The Kier molecular flexibility index (Phi) is 8.82. The molecular formula is C12H22N2O3. The minimum Gasteiger partial charge on any atom is -0.553 e. The summed E-state index contributed by atoms with van der Waals surface area (Å²) in [5, 5.41) is 9.03. The zero-order chi connectivity index (χ0) is 13.1. The summed E-state index contributed by atoms with van der Waals surface area (Å²) in [4.78, 5) is 9.03. The fraction of sp³-hybridized carbons (Fsp3) is 0.667. The number of carbonyl (C=O) groups excluding carboxylic acids is 1. The van der Waals surface area contributed by atoms with Crippen LogP contribution >= 0.6 is 0 Å². The maximum Gasteiger partial charge on any atom is 0.251 e. The van der Waals surface area contributed by atoms with Crippen LogP contribution in [-0.2, 0) is 18.3 Å². The van der Waals surface area contributed by atoms with Crippen molar-refractivity contribution in [2.75, 3.05) is 7.11 Å². The lowest BCUT2D eigenvalue weighted by Crippen LogP contribution is -2.23. The Morgan fingerprint density at radius 2 is 2.06 bits per heavy atom. The monoisotopic (exact) mass is 242 g/mol. The van der Waals surface area contributed by atoms with Crippen molar-refractivity contribution in [3.05, 3.63) is 18.7 Å². The molecule has 1 heterocycles. The molecule has 5 nitrogen and oxygen atoms in total. The van der Waals surface area contributed by atoms with Crippen molar-refractivity contribution in [1.29, 1.82) is 0 Å². The predicted molar refractivity (Wildman–Crippen MR) is 62.2 cm³/mol. The minimum absolute atomic E-state index is 1.04. The molecule has 0 radical (unpaired) electrons. The second-order valence-electron chi connectivity index (χ2n) is 3.83. The number of aryl methyl sites for hydroxylation is 2. The molecule has 0 aliphatic carbocycles. The van der Waals surface area contributed by atoms with Gasteiger partial charge in [-0.05, 0) is 12.8 Å². The van der Waals surface area contributed by atoms with Crippen molar-refractivity contribution in [3.63, 3.8) is 0 Å². The lowest BCUT2D eigenvalue weighted by molar-refractivity contribution is -0.671. The van der Waals surface area contributed by atoms with Gasteiger partial charge in [-0.25, -0.2) is 9.13 Å². The molecule has 0 saturated heterocycles. The molecule has 0 saturated carbocycles. The van der Waals surface area contributed by atoms with Crippen LogP contribution in [0.3, 0.4) is 0 Å². The first-order valence-corrected chi connectivity index (χ1v) is 5.86. The Morgan fingerprint density at radius 3 is 2.47 bits per heavy atom. The summed E-state index contributed by atoms with van der Waals surface area (Å²) in [6, 6.07) is 0. The zero-order valence-corrected chi connectivity index (χ0v) is 10.9. The third-order valence-electron chi connectivity index (χ3n) is 2.26. The molecule has 0 aliphatic rings. The molecule has 98 valence electrons. The van der Waals surface area contributed by atoms with E-state index in [0.29, 0.717) is 0 Å². The lowest BCUT2D eigenvalue weighted by atomic mass is 10.2. The largest absolute Gasteiger partial charge is 0.553 e. The van der Waals surface area contributed by atoms with Gasteiger partial charge >= 0.3 is 0 Å². The first-order chi connectivity index (χ1) is 8.10. The van der Waals surface area contributed by atoms with Crippen LogP contribution in [0, 0.1) is 0 Å². The quantitative estimate of drug-likeness (QED) is 0.437. The molecule has 1 aromatic rings. The van der Waals surface area contributed by atoms with Gasteiger partial charge in [0.2, 0.25) is 6.33 Å². The van der Waals surface area contributed by atoms with E-state index in [1.165, 1.54) is 32.2 Å². The second kappa shape index (κ2) is 9.69. The number of rotatable bonds is 5. The molecule has 1 aromatic heterocycles. The van der Waals surface area contributed by atoms with Crippen molar-refractivity contribution >= 4 is 6.16 Å². The average Bonchev–Trinajstić information content (AvgIpc) is 2.71. The summed E-state index contributed by atoms with van der Waals surface area (Å²) in [5.41, 5.74) is 0. The number of nitrogens with zero attached hydrogens (tertiary/aromatic N) is 2. The van der Waals surface area contributed by atoms with E-state index in [-0.39, 0.29) is 0 Å². The smallest absolute Gasteiger partial charge is 0.251 e. The van der Waals surface area contributed by atoms with Crippen LogP contribution in [0.25, 0.3) is 0 Å². The van der Waals surface area contributed by atoms with Gasteiger partial charge in [0.15, 0.2) is 0 Å². The van der Waals surface area contributed by atoms with E-state index in [1.54, 1.807) is 0 Å². The highest BCUT2D eigenvalue weighted by Crippen LogP contribution is 2.00. The third kappa shape index (κ3) is 9.41. The molecule has 0 atom stereocenters. The SMILES string of the molecule is CCCCCCn1cc[n+](C)c1.COC(=O)[O-]. The number of unbranched alkanes of at least 4 members (excludes halogenated alkanes) is 3. The van der Waals surface area contributed by atoms with Crippen molar-refractivity contribution in [3.8, 4) is 0 Å². The Bertz CT molecular complexity index is 310. The van der Waals surface area contributed by atoms with E-state index >= 15 is 0 Å². The van der Waals surface area contributed by atoms with Crippen LogP contribution in [0.1, 0.15) is 32.6 Å². The van der Waals surface area contributed by atoms with Crippen LogP contribution in [0.15, 0.2) is 18.7 Å². The minimum atomic E-state index is -1.50. The number of hydrogen-bond acceptors (Lipinski definition) is 3. The summed E-state index contributed by atoms with van der Waals surface area (Å²) in [7, 11) is 3.10. The van der Waals surface area contributed by atoms with Gasteiger partial charge in [-0.15, -0.1) is 0 Å². The number of carbonyl (C=O) groups is 1. The summed E-state index contributed by atoms with van der Waals surface area (Å²) in [6.45, 7) is 3.41. The van der Waals surface area contributed by atoms with Crippen molar-refractivity contribution in [2.45, 2.75) is 39.2 Å². The molecular weight excluding hydrogens is 220 g/mol. The molecule has 1 rings (SSSR count). The Labute approximate surface area is 103 Å². The summed E-state index contributed by atoms with van der Waals surface area (Å²) in [5.74, 6) is 0. The maximum atomic E-state index is 9.03. The fourth-order valence-corrected chi connectivity index (χ4v) is 1.36. The van der Waals surface area contributed by atoms with Crippen molar-refractivity contribution in [2.24, 2.45) is 7.05 Å². The average molecular weight is 242 g/mol. The molecule has 0 fully saturated rings. The first-order valence-electron chi connectivity index (χ1n) is 5.86. The van der Waals surface area contributed by atoms with E-state index in [2.05, 4.69) is 46.6 Å². The normalized spacial score (nSPS) is 9.35. The number of aromatic nitrogens is 2. The molecule has 5 heteroatoms. The Balaban J connectivity index is 0.000000437. The van der Waals surface area contributed by atoms with Gasteiger partial charge in [0.1, 0.15) is 12.4 Å². The predicted octanol–water partition coefficient (Wildman–Crippen LogP) is 0.869. The van der Waals surface area contributed by atoms with Crippen LogP contribution < -0.4 is 9.67 Å². The topological polar surface area (TPSA) is 58.2 Å². The van der Waals surface area contributed by atoms with Crippen molar-refractivity contribution < 1.29 is 19.2 Å². The molecule has 0 unspecified atom stereocenters. The van der Waals surface area contributed by atoms with Crippen LogP contribution in [0.5, 0.6) is 0 Å². The molecule has 0 amide bonds. The van der Waals surface area contributed by atoms with Crippen LogP contribution in [0.2, 0.25) is 0 Å². The molecule has 17 heavy (non-hydrogen) atoms. The van der Waals surface area contributed by atoms with Gasteiger partial charge < -0.3 is 14.6 Å². The number of carboxylic acid groups (broad SMARTS) is 1. The highest BCUT2D eigenvalue weighted by Gasteiger charge is 1.97. The number of ether oxygens (including phenoxy) is 1. The van der Waals surface area contributed by atoms with E-state index in [4.69, 9.17) is 9.90 Å². The summed E-state index contributed by atoms with van der Waals surface area (Å²) >= 11 is 0. The number of imidazole rings is 1. The zero-order valence-electron chi connectivity index (χ0n) is 10.9. The molecule has 0 aliphatic heterocycles. The highest BCUT2D eigenvalue weighted by atomic mass is 16.6. The van der Waals surface area contributed by atoms with Crippen LogP contribution in [-0.4, -0.2) is 17.8 Å². The van der Waals surface area contributed by atoms with Gasteiger partial charge in [-0.2, -0.15) is 0 Å².